The molecule has 4 aromatic carbocycles. The number of nitrogens with one attached hydrogen (secondary N) is 1. The van der Waals surface area contributed by atoms with Crippen LogP contribution >= 0.6 is 0 Å². The molecule has 0 atom stereocenters. The molecule has 0 aromatic heterocycles. The molecule has 39 heavy (non-hydrogen) atoms. The Morgan fingerprint density at radius 1 is 0.846 bits per heavy atom. The second-order valence-electron chi connectivity index (χ2n) is 8.35. The van der Waals surface area contributed by atoms with Crippen LogP contribution in [0.15, 0.2) is 102 Å². The predicted molar refractivity (Wildman–Crippen MR) is 147 cm³/mol. The van der Waals surface area contributed by atoms with Crippen LogP contribution in [0.1, 0.15) is 34.0 Å². The van der Waals surface area contributed by atoms with Crippen LogP contribution in [0.4, 0.5) is 5.69 Å². The molecular formula is C30H27N3O6. The maximum absolute atomic E-state index is 12.2. The normalized spacial score (nSPS) is 10.7. The van der Waals surface area contributed by atoms with Gasteiger partial charge in [-0.2, -0.15) is 5.10 Å². The minimum absolute atomic E-state index is 0.147. The van der Waals surface area contributed by atoms with Gasteiger partial charge >= 0.3 is 0 Å². The van der Waals surface area contributed by atoms with E-state index >= 15 is 0 Å². The largest absolute Gasteiger partial charge is 0.490 e. The van der Waals surface area contributed by atoms with Crippen molar-refractivity contribution in [2.45, 2.75) is 20.1 Å². The molecule has 1 amide bonds. The number of carbonyl (C=O) groups is 1. The lowest BCUT2D eigenvalue weighted by atomic mass is 10.2. The number of nitro groups is 1. The van der Waals surface area contributed by atoms with E-state index in [4.69, 9.17) is 14.2 Å². The predicted octanol–water partition coefficient (Wildman–Crippen LogP) is 5.92. The van der Waals surface area contributed by atoms with E-state index in [1.165, 1.54) is 30.5 Å². The van der Waals surface area contributed by atoms with Gasteiger partial charge in [0.15, 0.2) is 11.5 Å². The van der Waals surface area contributed by atoms with Crippen LogP contribution in [0.3, 0.4) is 0 Å². The number of ether oxygens (including phenoxy) is 3. The highest BCUT2D eigenvalue weighted by Gasteiger charge is 2.11. The quantitative estimate of drug-likeness (QED) is 0.140. The molecule has 198 valence electrons. The third-order valence-corrected chi connectivity index (χ3v) is 5.53. The van der Waals surface area contributed by atoms with Gasteiger partial charge in [0, 0.05) is 17.7 Å². The lowest BCUT2D eigenvalue weighted by Gasteiger charge is -2.14. The fourth-order valence-corrected chi connectivity index (χ4v) is 3.57. The van der Waals surface area contributed by atoms with Crippen LogP contribution in [0.5, 0.6) is 17.2 Å². The highest BCUT2D eigenvalue weighted by molar-refractivity contribution is 5.95. The lowest BCUT2D eigenvalue weighted by molar-refractivity contribution is -0.384. The second kappa shape index (κ2) is 13.4. The zero-order valence-electron chi connectivity index (χ0n) is 21.3. The number of hydrogen-bond donors (Lipinski definition) is 1. The van der Waals surface area contributed by atoms with Crippen molar-refractivity contribution in [2.75, 3.05) is 6.61 Å². The minimum atomic E-state index is -0.557. The van der Waals surface area contributed by atoms with E-state index in [0.29, 0.717) is 37.1 Å². The molecule has 4 aromatic rings. The number of carbonyl (C=O) groups excluding carboxylic acids is 1. The molecular weight excluding hydrogens is 498 g/mol. The van der Waals surface area contributed by atoms with Crippen LogP contribution in [0.25, 0.3) is 0 Å². The molecule has 4 rings (SSSR count). The van der Waals surface area contributed by atoms with Crippen molar-refractivity contribution in [2.24, 2.45) is 5.10 Å². The molecule has 0 aliphatic heterocycles. The van der Waals surface area contributed by atoms with E-state index < -0.39 is 10.8 Å². The maximum Gasteiger partial charge on any atom is 0.271 e. The van der Waals surface area contributed by atoms with Crippen molar-refractivity contribution >= 4 is 17.8 Å². The third kappa shape index (κ3) is 7.90. The summed E-state index contributed by atoms with van der Waals surface area (Å²) in [6, 6.07) is 28.3. The monoisotopic (exact) mass is 525 g/mol. The molecule has 0 bridgehead atoms. The van der Waals surface area contributed by atoms with Gasteiger partial charge in [-0.25, -0.2) is 5.43 Å². The van der Waals surface area contributed by atoms with Crippen LogP contribution in [-0.4, -0.2) is 23.7 Å². The van der Waals surface area contributed by atoms with Gasteiger partial charge in [0.25, 0.3) is 11.6 Å². The first-order chi connectivity index (χ1) is 19.0. The first kappa shape index (κ1) is 26.9. The summed E-state index contributed by atoms with van der Waals surface area (Å²) in [6.07, 6.45) is 1.47. The van der Waals surface area contributed by atoms with Crippen LogP contribution < -0.4 is 19.6 Å². The number of nitrogens with zero attached hydrogens (tertiary/aromatic N) is 2. The van der Waals surface area contributed by atoms with Crippen molar-refractivity contribution in [3.05, 3.63) is 129 Å². The average molecular weight is 526 g/mol. The fourth-order valence-electron chi connectivity index (χ4n) is 3.57. The van der Waals surface area contributed by atoms with E-state index in [9.17, 15) is 14.9 Å². The van der Waals surface area contributed by atoms with Gasteiger partial charge in [-0.1, -0.05) is 42.5 Å². The van der Waals surface area contributed by atoms with Gasteiger partial charge in [-0.15, -0.1) is 0 Å². The summed E-state index contributed by atoms with van der Waals surface area (Å²) in [7, 11) is 0. The van der Waals surface area contributed by atoms with Gasteiger partial charge in [0.1, 0.15) is 19.0 Å². The Kier molecular flexibility index (Phi) is 9.22. The first-order valence-corrected chi connectivity index (χ1v) is 12.2. The number of non-ortho nitro benzene ring substituents is 1. The highest BCUT2D eigenvalue weighted by Crippen LogP contribution is 2.30. The zero-order chi connectivity index (χ0) is 27.5. The van der Waals surface area contributed by atoms with E-state index in [0.717, 1.165) is 16.7 Å². The van der Waals surface area contributed by atoms with E-state index in [1.54, 1.807) is 24.3 Å². The van der Waals surface area contributed by atoms with Gasteiger partial charge in [0.2, 0.25) is 0 Å². The Morgan fingerprint density at radius 3 is 2.36 bits per heavy atom. The van der Waals surface area contributed by atoms with Gasteiger partial charge < -0.3 is 14.2 Å². The molecule has 0 heterocycles. The van der Waals surface area contributed by atoms with E-state index in [2.05, 4.69) is 10.5 Å². The number of hydrazone groups is 1. The number of rotatable bonds is 12. The molecule has 0 aliphatic rings. The fraction of sp³-hybridized carbons (Fsp3) is 0.133. The van der Waals surface area contributed by atoms with Crippen molar-refractivity contribution in [1.82, 2.24) is 5.43 Å². The number of amides is 1. The van der Waals surface area contributed by atoms with Gasteiger partial charge in [-0.05, 0) is 66.1 Å². The molecule has 1 N–H and O–H groups in total. The van der Waals surface area contributed by atoms with Crippen molar-refractivity contribution in [3.63, 3.8) is 0 Å². The average Bonchev–Trinajstić information content (AvgIpc) is 2.97. The molecule has 0 saturated carbocycles. The molecule has 9 heteroatoms. The molecule has 0 fully saturated rings. The van der Waals surface area contributed by atoms with E-state index in [-0.39, 0.29) is 11.3 Å². The van der Waals surface area contributed by atoms with Gasteiger partial charge in [0.05, 0.1) is 17.7 Å². The number of nitro benzene ring substituents is 1. The molecule has 0 aliphatic carbocycles. The number of hydrogen-bond acceptors (Lipinski definition) is 7. The van der Waals surface area contributed by atoms with Crippen molar-refractivity contribution in [3.8, 4) is 17.2 Å². The maximum atomic E-state index is 12.2. The smallest absolute Gasteiger partial charge is 0.271 e. The zero-order valence-corrected chi connectivity index (χ0v) is 21.3. The number of benzene rings is 4. The minimum Gasteiger partial charge on any atom is -0.490 e. The summed E-state index contributed by atoms with van der Waals surface area (Å²) >= 11 is 0. The van der Waals surface area contributed by atoms with Crippen molar-refractivity contribution in [1.29, 1.82) is 0 Å². The topological polar surface area (TPSA) is 112 Å². The molecule has 9 nitrogen and oxygen atoms in total. The molecule has 0 unspecified atom stereocenters. The van der Waals surface area contributed by atoms with Crippen LogP contribution in [-0.2, 0) is 13.2 Å². The molecule has 0 saturated heterocycles. The summed E-state index contributed by atoms with van der Waals surface area (Å²) in [5.74, 6) is 1.45. The van der Waals surface area contributed by atoms with Crippen LogP contribution in [0, 0.1) is 10.1 Å². The SMILES string of the molecule is CCOc1cc(COc2ccc(/C=N/NC(=O)c3cccc([N+](=O)[O-])c3)cc2)ccc1OCc1ccccc1. The molecule has 0 spiro atoms. The summed E-state index contributed by atoms with van der Waals surface area (Å²) < 4.78 is 17.7. The summed E-state index contributed by atoms with van der Waals surface area (Å²) in [5.41, 5.74) is 5.09. The van der Waals surface area contributed by atoms with E-state index in [1.807, 2.05) is 55.5 Å². The lowest BCUT2D eigenvalue weighted by Crippen LogP contribution is -2.17. The van der Waals surface area contributed by atoms with Gasteiger partial charge in [-0.3, -0.25) is 14.9 Å². The Bertz CT molecular complexity index is 1440. The summed E-state index contributed by atoms with van der Waals surface area (Å²) in [6.45, 7) is 3.23. The second-order valence-corrected chi connectivity index (χ2v) is 8.35. The standard InChI is InChI=1S/C30H27N3O6/c1-2-37-29-17-24(13-16-28(29)39-20-23-7-4-3-5-8-23)21-38-27-14-11-22(12-15-27)19-31-32-30(34)25-9-6-10-26(18-25)33(35)36/h3-19H,2,20-21H2,1H3,(H,32,34)/b31-19+. The Morgan fingerprint density at radius 2 is 1.62 bits per heavy atom. The molecule has 0 radical (unpaired) electrons. The summed E-state index contributed by atoms with van der Waals surface area (Å²) in [4.78, 5) is 22.5. The first-order valence-electron chi connectivity index (χ1n) is 12.2. The van der Waals surface area contributed by atoms with Crippen LogP contribution in [0.2, 0.25) is 0 Å². The highest BCUT2D eigenvalue weighted by atomic mass is 16.6. The Labute approximate surface area is 225 Å². The summed E-state index contributed by atoms with van der Waals surface area (Å²) in [5, 5.41) is 14.8. The third-order valence-electron chi connectivity index (χ3n) is 5.53. The van der Waals surface area contributed by atoms with Crippen molar-refractivity contribution < 1.29 is 23.9 Å². The Hall–Kier alpha value is -5.18. The Balaban J connectivity index is 1.30.